The summed E-state index contributed by atoms with van der Waals surface area (Å²) in [4.78, 5) is 23.8. The highest BCUT2D eigenvalue weighted by atomic mass is 16.5. The molecule has 1 aromatic carbocycles. The van der Waals surface area contributed by atoms with Crippen molar-refractivity contribution in [3.05, 3.63) is 35.9 Å². The minimum Gasteiger partial charge on any atom is -0.493 e. The Labute approximate surface area is 124 Å². The molecule has 0 aromatic heterocycles. The van der Waals surface area contributed by atoms with Gasteiger partial charge in [0.05, 0.1) is 6.61 Å². The van der Waals surface area contributed by atoms with Crippen molar-refractivity contribution >= 4 is 18.0 Å². The van der Waals surface area contributed by atoms with Crippen molar-refractivity contribution in [2.45, 2.75) is 19.8 Å². The number of aliphatic carboxylic acids is 1. The molecular formula is C16H21NO4. The quantitative estimate of drug-likeness (QED) is 0.747. The standard InChI is InChI=1S/C16H21NO4/c1-3-21-14-8-5-4-7-13(14)10-11-15(18)17(2)12-6-9-16(19)20/h4-5,7-8,10-11H,3,6,9,12H2,1-2H3,(H,19,20)/b11-10+. The zero-order valence-corrected chi connectivity index (χ0v) is 12.4. The fourth-order valence-corrected chi connectivity index (χ4v) is 1.77. The van der Waals surface area contributed by atoms with E-state index in [4.69, 9.17) is 9.84 Å². The number of carboxylic acid groups (broad SMARTS) is 1. The number of amides is 1. The first-order valence-electron chi connectivity index (χ1n) is 6.91. The summed E-state index contributed by atoms with van der Waals surface area (Å²) in [7, 11) is 1.66. The summed E-state index contributed by atoms with van der Waals surface area (Å²) in [6, 6.07) is 7.48. The third kappa shape index (κ3) is 6.12. The Bertz CT molecular complexity index is 511. The van der Waals surface area contributed by atoms with E-state index >= 15 is 0 Å². The predicted octanol–water partition coefficient (Wildman–Crippen LogP) is 2.42. The van der Waals surface area contributed by atoms with Gasteiger partial charge in [0.25, 0.3) is 0 Å². The van der Waals surface area contributed by atoms with E-state index in [0.29, 0.717) is 19.6 Å². The van der Waals surface area contributed by atoms with Gasteiger partial charge in [-0.15, -0.1) is 0 Å². The van der Waals surface area contributed by atoms with Crippen LogP contribution in [0.2, 0.25) is 0 Å². The van der Waals surface area contributed by atoms with Crippen LogP contribution in [0.25, 0.3) is 6.08 Å². The van der Waals surface area contributed by atoms with Crippen molar-refractivity contribution in [2.75, 3.05) is 20.2 Å². The highest BCUT2D eigenvalue weighted by molar-refractivity contribution is 5.92. The van der Waals surface area contributed by atoms with Crippen LogP contribution in [-0.4, -0.2) is 42.1 Å². The molecule has 5 heteroatoms. The molecule has 0 aliphatic carbocycles. The van der Waals surface area contributed by atoms with E-state index in [2.05, 4.69) is 0 Å². The highest BCUT2D eigenvalue weighted by Crippen LogP contribution is 2.19. The predicted molar refractivity (Wildman–Crippen MR) is 81.2 cm³/mol. The van der Waals surface area contributed by atoms with Crippen molar-refractivity contribution in [3.63, 3.8) is 0 Å². The van der Waals surface area contributed by atoms with E-state index in [1.165, 1.54) is 11.0 Å². The van der Waals surface area contributed by atoms with Gasteiger partial charge in [-0.05, 0) is 25.5 Å². The average Bonchev–Trinajstić information content (AvgIpc) is 2.45. The Morgan fingerprint density at radius 3 is 2.71 bits per heavy atom. The average molecular weight is 291 g/mol. The fourth-order valence-electron chi connectivity index (χ4n) is 1.77. The number of benzene rings is 1. The second kappa shape index (κ2) is 8.79. The Morgan fingerprint density at radius 1 is 1.33 bits per heavy atom. The van der Waals surface area contributed by atoms with Crippen molar-refractivity contribution in [1.82, 2.24) is 4.90 Å². The first kappa shape index (κ1) is 16.8. The lowest BCUT2D eigenvalue weighted by molar-refractivity contribution is -0.137. The lowest BCUT2D eigenvalue weighted by Crippen LogP contribution is -2.26. The zero-order valence-electron chi connectivity index (χ0n) is 12.4. The van der Waals surface area contributed by atoms with Gasteiger partial charge >= 0.3 is 5.97 Å². The minimum atomic E-state index is -0.850. The molecule has 1 rings (SSSR count). The lowest BCUT2D eigenvalue weighted by atomic mass is 10.2. The molecule has 0 radical (unpaired) electrons. The summed E-state index contributed by atoms with van der Waals surface area (Å²) in [5.41, 5.74) is 0.839. The van der Waals surface area contributed by atoms with Crippen molar-refractivity contribution < 1.29 is 19.4 Å². The highest BCUT2D eigenvalue weighted by Gasteiger charge is 2.06. The maximum atomic E-state index is 11.9. The molecule has 0 heterocycles. The molecule has 0 atom stereocenters. The Morgan fingerprint density at radius 2 is 2.05 bits per heavy atom. The van der Waals surface area contributed by atoms with Gasteiger partial charge in [0.2, 0.25) is 5.91 Å². The first-order valence-corrected chi connectivity index (χ1v) is 6.91. The number of carbonyl (C=O) groups is 2. The summed E-state index contributed by atoms with van der Waals surface area (Å²) in [6.45, 7) is 2.89. The van der Waals surface area contributed by atoms with Gasteiger partial charge in [0.15, 0.2) is 0 Å². The number of nitrogens with zero attached hydrogens (tertiary/aromatic N) is 1. The third-order valence-corrected chi connectivity index (χ3v) is 2.88. The molecule has 1 N–H and O–H groups in total. The number of ether oxygens (including phenoxy) is 1. The number of carboxylic acids is 1. The molecule has 0 aliphatic heterocycles. The molecule has 0 saturated carbocycles. The summed E-state index contributed by atoms with van der Waals surface area (Å²) in [5, 5.41) is 8.57. The van der Waals surface area contributed by atoms with Crippen LogP contribution in [0, 0.1) is 0 Å². The molecular weight excluding hydrogens is 270 g/mol. The van der Waals surface area contributed by atoms with E-state index in [-0.39, 0.29) is 12.3 Å². The van der Waals surface area contributed by atoms with Crippen LogP contribution >= 0.6 is 0 Å². The van der Waals surface area contributed by atoms with Crippen LogP contribution < -0.4 is 4.74 Å². The molecule has 0 aliphatic rings. The van der Waals surface area contributed by atoms with Crippen molar-refractivity contribution in [3.8, 4) is 5.75 Å². The molecule has 1 aromatic rings. The van der Waals surface area contributed by atoms with Gasteiger partial charge in [0, 0.05) is 31.7 Å². The Kier molecular flexibility index (Phi) is 7.01. The monoisotopic (exact) mass is 291 g/mol. The van der Waals surface area contributed by atoms with Crippen LogP contribution in [0.15, 0.2) is 30.3 Å². The maximum absolute atomic E-state index is 11.9. The molecule has 21 heavy (non-hydrogen) atoms. The maximum Gasteiger partial charge on any atom is 0.303 e. The van der Waals surface area contributed by atoms with Gasteiger partial charge < -0.3 is 14.7 Å². The van der Waals surface area contributed by atoms with Gasteiger partial charge in [-0.2, -0.15) is 0 Å². The lowest BCUT2D eigenvalue weighted by Gasteiger charge is -2.14. The number of carbonyl (C=O) groups excluding carboxylic acids is 1. The van der Waals surface area contributed by atoms with E-state index in [9.17, 15) is 9.59 Å². The molecule has 5 nitrogen and oxygen atoms in total. The summed E-state index contributed by atoms with van der Waals surface area (Å²) >= 11 is 0. The SMILES string of the molecule is CCOc1ccccc1/C=C/C(=O)N(C)CCCC(=O)O. The molecule has 0 bridgehead atoms. The summed E-state index contributed by atoms with van der Waals surface area (Å²) in [5.74, 6) is -0.277. The van der Waals surface area contributed by atoms with Gasteiger partial charge in [-0.25, -0.2) is 0 Å². The smallest absolute Gasteiger partial charge is 0.303 e. The molecule has 0 saturated heterocycles. The topological polar surface area (TPSA) is 66.8 Å². The fraction of sp³-hybridized carbons (Fsp3) is 0.375. The van der Waals surface area contributed by atoms with Gasteiger partial charge in [0.1, 0.15) is 5.75 Å². The number of para-hydroxylation sites is 1. The van der Waals surface area contributed by atoms with E-state index in [1.807, 2.05) is 31.2 Å². The summed E-state index contributed by atoms with van der Waals surface area (Å²) in [6.07, 6.45) is 3.69. The van der Waals surface area contributed by atoms with E-state index in [0.717, 1.165) is 11.3 Å². The Hall–Kier alpha value is -2.30. The number of hydrogen-bond acceptors (Lipinski definition) is 3. The number of rotatable bonds is 8. The molecule has 0 spiro atoms. The number of likely N-dealkylation sites (N-methyl/N-ethyl adjacent to an activating group) is 1. The van der Waals surface area contributed by atoms with Crippen molar-refractivity contribution in [2.24, 2.45) is 0 Å². The van der Waals surface area contributed by atoms with Crippen LogP contribution in [0.3, 0.4) is 0 Å². The Balaban J connectivity index is 2.59. The van der Waals surface area contributed by atoms with E-state index < -0.39 is 5.97 Å². The van der Waals surface area contributed by atoms with E-state index in [1.54, 1.807) is 13.1 Å². The second-order valence-electron chi connectivity index (χ2n) is 4.56. The van der Waals surface area contributed by atoms with Crippen LogP contribution in [0.5, 0.6) is 5.75 Å². The van der Waals surface area contributed by atoms with Crippen LogP contribution in [-0.2, 0) is 9.59 Å². The minimum absolute atomic E-state index is 0.0640. The van der Waals surface area contributed by atoms with Crippen LogP contribution in [0.1, 0.15) is 25.3 Å². The van der Waals surface area contributed by atoms with Gasteiger partial charge in [-0.1, -0.05) is 18.2 Å². The zero-order chi connectivity index (χ0) is 15.7. The summed E-state index contributed by atoms with van der Waals surface area (Å²) < 4.78 is 5.48. The first-order chi connectivity index (χ1) is 10.0. The second-order valence-corrected chi connectivity index (χ2v) is 4.56. The number of hydrogen-bond donors (Lipinski definition) is 1. The van der Waals surface area contributed by atoms with Crippen molar-refractivity contribution in [1.29, 1.82) is 0 Å². The third-order valence-electron chi connectivity index (χ3n) is 2.88. The van der Waals surface area contributed by atoms with Crippen LogP contribution in [0.4, 0.5) is 0 Å². The molecule has 0 fully saturated rings. The normalized spacial score (nSPS) is 10.6. The largest absolute Gasteiger partial charge is 0.493 e. The van der Waals surface area contributed by atoms with Gasteiger partial charge in [-0.3, -0.25) is 9.59 Å². The molecule has 0 unspecified atom stereocenters. The molecule has 1 amide bonds. The molecule has 114 valence electrons.